The molecule has 1 aromatic heterocycles. The molecule has 0 fully saturated rings. The van der Waals surface area contributed by atoms with Crippen LogP contribution in [0.3, 0.4) is 0 Å². The molecule has 0 atom stereocenters. The largest absolute Gasteiger partial charge is 0.491 e. The highest BCUT2D eigenvalue weighted by Crippen LogP contribution is 2.35. The van der Waals surface area contributed by atoms with Gasteiger partial charge in [0.05, 0.1) is 11.0 Å². The highest BCUT2D eigenvalue weighted by atomic mass is 79.9. The van der Waals surface area contributed by atoms with Crippen LogP contribution in [-0.4, -0.2) is 11.1 Å². The Morgan fingerprint density at radius 3 is 2.71 bits per heavy atom. The second-order valence-electron chi connectivity index (χ2n) is 3.96. The van der Waals surface area contributed by atoms with Gasteiger partial charge in [-0.2, -0.15) is 0 Å². The lowest BCUT2D eigenvalue weighted by atomic mass is 10.2. The van der Waals surface area contributed by atoms with Crippen LogP contribution in [0.25, 0.3) is 10.1 Å². The number of halogens is 1. The predicted molar refractivity (Wildman–Crippen MR) is 81.2 cm³/mol. The number of thiophene rings is 1. The lowest BCUT2D eigenvalue weighted by Gasteiger charge is -2.10. The summed E-state index contributed by atoms with van der Waals surface area (Å²) in [5.41, 5.74) is 5.64. The van der Waals surface area contributed by atoms with Gasteiger partial charge in [-0.3, -0.25) is 0 Å². The number of nitrogens with two attached hydrogens (primary N) is 1. The summed E-state index contributed by atoms with van der Waals surface area (Å²) in [6.45, 7) is 4.01. The van der Waals surface area contributed by atoms with E-state index in [1.807, 2.05) is 32.0 Å². The molecule has 2 nitrogen and oxygen atoms in total. The number of fused-ring (bicyclic) bond motifs is 1. The minimum absolute atomic E-state index is 0.160. The molecule has 0 aliphatic rings. The van der Waals surface area contributed by atoms with Crippen molar-refractivity contribution in [1.82, 2.24) is 0 Å². The molecule has 5 heteroatoms. The molecule has 2 rings (SSSR count). The molecule has 0 amide bonds. The molecule has 0 saturated heterocycles. The lowest BCUT2D eigenvalue weighted by molar-refractivity contribution is 0.242. The van der Waals surface area contributed by atoms with Crippen LogP contribution in [0.5, 0.6) is 5.75 Å². The molecular weight excluding hydrogens is 318 g/mol. The van der Waals surface area contributed by atoms with Gasteiger partial charge in [0.25, 0.3) is 0 Å². The fourth-order valence-corrected chi connectivity index (χ4v) is 3.33. The monoisotopic (exact) mass is 329 g/mol. The van der Waals surface area contributed by atoms with Crippen LogP contribution in [0, 0.1) is 0 Å². The third-order valence-corrected chi connectivity index (χ3v) is 4.61. The van der Waals surface area contributed by atoms with Crippen LogP contribution in [-0.2, 0) is 0 Å². The first kappa shape index (κ1) is 12.8. The van der Waals surface area contributed by atoms with E-state index in [1.165, 1.54) is 0 Å². The zero-order valence-corrected chi connectivity index (χ0v) is 12.7. The second kappa shape index (κ2) is 4.92. The zero-order chi connectivity index (χ0) is 12.6. The van der Waals surface area contributed by atoms with Gasteiger partial charge in [0.1, 0.15) is 10.7 Å². The number of rotatable bonds is 3. The van der Waals surface area contributed by atoms with Crippen LogP contribution in [0.15, 0.2) is 22.7 Å². The maximum Gasteiger partial charge on any atom is 0.121 e. The van der Waals surface area contributed by atoms with E-state index < -0.39 is 0 Å². The Labute approximate surface area is 118 Å². The summed E-state index contributed by atoms with van der Waals surface area (Å²) in [5.74, 6) is 0.853. The number of benzene rings is 1. The Hall–Kier alpha value is -0.650. The van der Waals surface area contributed by atoms with Crippen LogP contribution < -0.4 is 10.5 Å². The zero-order valence-electron chi connectivity index (χ0n) is 9.49. The van der Waals surface area contributed by atoms with E-state index in [9.17, 15) is 0 Å². The number of thiocarbonyl (C=S) groups is 1. The Morgan fingerprint density at radius 1 is 1.41 bits per heavy atom. The molecule has 0 radical (unpaired) electrons. The van der Waals surface area contributed by atoms with Gasteiger partial charge in [0.2, 0.25) is 0 Å². The fraction of sp³-hybridized carbons (Fsp3) is 0.250. The fourth-order valence-electron chi connectivity index (χ4n) is 1.55. The maximum atomic E-state index is 5.68. The molecule has 90 valence electrons. The van der Waals surface area contributed by atoms with E-state index in [4.69, 9.17) is 22.7 Å². The van der Waals surface area contributed by atoms with Crippen molar-refractivity contribution in [3.05, 3.63) is 27.5 Å². The van der Waals surface area contributed by atoms with Crippen molar-refractivity contribution in [2.75, 3.05) is 0 Å². The Balaban J connectivity index is 2.53. The Morgan fingerprint density at radius 2 is 2.12 bits per heavy atom. The summed E-state index contributed by atoms with van der Waals surface area (Å²) in [6, 6.07) is 5.99. The molecule has 2 N–H and O–H groups in total. The van der Waals surface area contributed by atoms with E-state index in [0.29, 0.717) is 4.99 Å². The molecule has 1 heterocycles. The van der Waals surface area contributed by atoms with Crippen molar-refractivity contribution in [2.24, 2.45) is 5.73 Å². The Bertz CT molecular complexity index is 577. The molecule has 2 aromatic rings. The van der Waals surface area contributed by atoms with Crippen molar-refractivity contribution in [3.8, 4) is 5.75 Å². The third kappa shape index (κ3) is 2.78. The van der Waals surface area contributed by atoms with Crippen molar-refractivity contribution in [1.29, 1.82) is 0 Å². The first-order chi connectivity index (χ1) is 7.97. The molecule has 1 aromatic carbocycles. The third-order valence-electron chi connectivity index (χ3n) is 2.16. The highest BCUT2D eigenvalue weighted by Gasteiger charge is 2.10. The second-order valence-corrected chi connectivity index (χ2v) is 6.31. The standard InChI is InChI=1S/C12H12BrNOS2/c1-6(2)15-8-3-7-4-10(12(14)16)17-11(7)9(13)5-8/h3-6H,1-2H3,(H2,14,16). The van der Waals surface area contributed by atoms with Crippen LogP contribution in [0.4, 0.5) is 0 Å². The van der Waals surface area contributed by atoms with Gasteiger partial charge in [-0.15, -0.1) is 11.3 Å². The molecule has 0 spiro atoms. The SMILES string of the molecule is CC(C)Oc1cc(Br)c2sc(C(N)=S)cc2c1. The van der Waals surface area contributed by atoms with Gasteiger partial charge in [0, 0.05) is 9.17 Å². The van der Waals surface area contributed by atoms with Crippen LogP contribution in [0.1, 0.15) is 18.7 Å². The van der Waals surface area contributed by atoms with Crippen molar-refractivity contribution < 1.29 is 4.74 Å². The van der Waals surface area contributed by atoms with Gasteiger partial charge < -0.3 is 10.5 Å². The summed E-state index contributed by atoms with van der Waals surface area (Å²) in [6.07, 6.45) is 0.160. The van der Waals surface area contributed by atoms with E-state index in [0.717, 1.165) is 25.2 Å². The van der Waals surface area contributed by atoms with Crippen molar-refractivity contribution >= 4 is 54.6 Å². The number of ether oxygens (including phenoxy) is 1. The molecule has 0 saturated carbocycles. The van der Waals surface area contributed by atoms with Gasteiger partial charge in [-0.05, 0) is 53.4 Å². The molecular formula is C12H12BrNOS2. The predicted octanol–water partition coefficient (Wildman–Crippen LogP) is 4.09. The lowest BCUT2D eigenvalue weighted by Crippen LogP contribution is -2.06. The van der Waals surface area contributed by atoms with Gasteiger partial charge >= 0.3 is 0 Å². The van der Waals surface area contributed by atoms with E-state index in [2.05, 4.69) is 15.9 Å². The first-order valence-electron chi connectivity index (χ1n) is 5.17. The topological polar surface area (TPSA) is 35.2 Å². The minimum atomic E-state index is 0.160. The summed E-state index contributed by atoms with van der Waals surface area (Å²) in [5, 5.41) is 1.10. The summed E-state index contributed by atoms with van der Waals surface area (Å²) < 4.78 is 7.84. The van der Waals surface area contributed by atoms with E-state index in [1.54, 1.807) is 11.3 Å². The molecule has 0 aliphatic carbocycles. The average Bonchev–Trinajstić information content (AvgIpc) is 2.60. The minimum Gasteiger partial charge on any atom is -0.491 e. The quantitative estimate of drug-likeness (QED) is 0.861. The summed E-state index contributed by atoms with van der Waals surface area (Å²) in [4.78, 5) is 1.36. The molecule has 0 aliphatic heterocycles. The van der Waals surface area contributed by atoms with Gasteiger partial charge in [-0.1, -0.05) is 12.2 Å². The highest BCUT2D eigenvalue weighted by molar-refractivity contribution is 9.10. The molecule has 17 heavy (non-hydrogen) atoms. The number of hydrogen-bond donors (Lipinski definition) is 1. The van der Waals surface area contributed by atoms with Crippen molar-refractivity contribution in [3.63, 3.8) is 0 Å². The van der Waals surface area contributed by atoms with Gasteiger partial charge in [0.15, 0.2) is 0 Å². The Kier molecular flexibility index (Phi) is 3.70. The summed E-state index contributed by atoms with van der Waals surface area (Å²) in [7, 11) is 0. The molecule has 0 bridgehead atoms. The summed E-state index contributed by atoms with van der Waals surface area (Å²) >= 11 is 10.1. The normalized spacial score (nSPS) is 11.1. The maximum absolute atomic E-state index is 5.68. The molecule has 0 unspecified atom stereocenters. The van der Waals surface area contributed by atoms with Crippen LogP contribution in [0.2, 0.25) is 0 Å². The average molecular weight is 330 g/mol. The van der Waals surface area contributed by atoms with E-state index >= 15 is 0 Å². The van der Waals surface area contributed by atoms with Crippen LogP contribution >= 0.6 is 39.5 Å². The number of hydrogen-bond acceptors (Lipinski definition) is 3. The first-order valence-corrected chi connectivity index (χ1v) is 7.18. The van der Waals surface area contributed by atoms with Gasteiger partial charge in [-0.25, -0.2) is 0 Å². The smallest absolute Gasteiger partial charge is 0.121 e. The van der Waals surface area contributed by atoms with E-state index in [-0.39, 0.29) is 6.10 Å². The van der Waals surface area contributed by atoms with Crippen molar-refractivity contribution in [2.45, 2.75) is 20.0 Å².